The average Bonchev–Trinajstić information content (AvgIpc) is 2.64. The summed E-state index contributed by atoms with van der Waals surface area (Å²) in [5.41, 5.74) is 0.509. The molecule has 1 unspecified atom stereocenters. The van der Waals surface area contributed by atoms with Gasteiger partial charge in [0.05, 0.1) is 0 Å². The molecule has 0 aliphatic heterocycles. The van der Waals surface area contributed by atoms with E-state index in [0.717, 1.165) is 32.0 Å². The molecule has 0 spiro atoms. The Bertz CT molecular complexity index is 284. The third kappa shape index (κ3) is 11.5. The van der Waals surface area contributed by atoms with Gasteiger partial charge in [0.2, 0.25) is 0 Å². The first-order chi connectivity index (χ1) is 12.1. The number of hydrogen-bond donors (Lipinski definition) is 1. The Morgan fingerprint density at radius 2 is 1.28 bits per heavy atom. The first-order valence-corrected chi connectivity index (χ1v) is 12.7. The van der Waals surface area contributed by atoms with Gasteiger partial charge in [-0.05, 0) is 32.4 Å². The normalized spacial score (nSPS) is 13.6. The highest BCUT2D eigenvalue weighted by Gasteiger charge is 2.36. The van der Waals surface area contributed by atoms with Crippen molar-refractivity contribution in [1.82, 2.24) is 5.32 Å². The second-order valence-corrected chi connectivity index (χ2v) is 11.9. The molecule has 151 valence electrons. The maximum Gasteiger partial charge on any atom is 0.500 e. The Morgan fingerprint density at radius 1 is 0.760 bits per heavy atom. The van der Waals surface area contributed by atoms with E-state index >= 15 is 0 Å². The van der Waals surface area contributed by atoms with Crippen molar-refractivity contribution in [2.45, 2.75) is 63.5 Å². The molecule has 1 radical (unpaired) electrons. The molecule has 0 fully saturated rings. The predicted molar refractivity (Wildman–Crippen MR) is 106 cm³/mol. The SMILES string of the molecule is CO[Si](OC)C(C)CCNCCCCCCCC[Si](OC)(OC)OC. The van der Waals surface area contributed by atoms with Gasteiger partial charge in [-0.25, -0.2) is 0 Å². The predicted octanol–water partition coefficient (Wildman–Crippen LogP) is 3.36. The molecule has 6 nitrogen and oxygen atoms in total. The second kappa shape index (κ2) is 16.4. The van der Waals surface area contributed by atoms with Crippen LogP contribution in [0, 0.1) is 0 Å². The van der Waals surface area contributed by atoms with E-state index in [1.165, 1.54) is 32.1 Å². The van der Waals surface area contributed by atoms with Gasteiger partial charge in [-0.15, -0.1) is 0 Å². The highest BCUT2D eigenvalue weighted by atomic mass is 28.4. The van der Waals surface area contributed by atoms with Crippen LogP contribution in [0.25, 0.3) is 0 Å². The maximum absolute atomic E-state index is 5.44. The second-order valence-electron chi connectivity index (χ2n) is 6.33. The molecule has 0 heterocycles. The Morgan fingerprint density at radius 3 is 1.80 bits per heavy atom. The summed E-state index contributed by atoms with van der Waals surface area (Å²) in [4.78, 5) is 0. The molecule has 25 heavy (non-hydrogen) atoms. The lowest BCUT2D eigenvalue weighted by Crippen LogP contribution is -2.42. The van der Waals surface area contributed by atoms with Crippen molar-refractivity contribution in [2.24, 2.45) is 0 Å². The van der Waals surface area contributed by atoms with Gasteiger partial charge in [0.15, 0.2) is 0 Å². The first-order valence-electron chi connectivity index (χ1n) is 9.40. The smallest absolute Gasteiger partial charge is 0.397 e. The summed E-state index contributed by atoms with van der Waals surface area (Å²) >= 11 is 0. The van der Waals surface area contributed by atoms with E-state index in [2.05, 4.69) is 12.2 Å². The Balaban J connectivity index is 3.45. The molecule has 0 saturated carbocycles. The topological polar surface area (TPSA) is 58.2 Å². The molecule has 0 saturated heterocycles. The molecule has 0 aromatic carbocycles. The van der Waals surface area contributed by atoms with Crippen LogP contribution in [-0.4, -0.2) is 66.7 Å². The minimum Gasteiger partial charge on any atom is -0.397 e. The van der Waals surface area contributed by atoms with Gasteiger partial charge in [0.25, 0.3) is 0 Å². The lowest BCUT2D eigenvalue weighted by molar-refractivity contribution is 0.122. The van der Waals surface area contributed by atoms with Crippen LogP contribution in [0.15, 0.2) is 0 Å². The zero-order valence-electron chi connectivity index (χ0n) is 17.2. The summed E-state index contributed by atoms with van der Waals surface area (Å²) in [6.07, 6.45) is 8.53. The molecule has 0 aliphatic carbocycles. The van der Waals surface area contributed by atoms with E-state index in [1.54, 1.807) is 35.5 Å². The Hall–Kier alpha value is 0.194. The minimum absolute atomic E-state index is 0.509. The first kappa shape index (κ1) is 25.2. The fraction of sp³-hybridized carbons (Fsp3) is 1.00. The summed E-state index contributed by atoms with van der Waals surface area (Å²) < 4.78 is 27.1. The molecule has 0 aromatic heterocycles. The van der Waals surface area contributed by atoms with Gasteiger partial charge >= 0.3 is 18.1 Å². The van der Waals surface area contributed by atoms with Crippen LogP contribution < -0.4 is 5.32 Å². The van der Waals surface area contributed by atoms with E-state index in [-0.39, 0.29) is 0 Å². The van der Waals surface area contributed by atoms with E-state index in [4.69, 9.17) is 22.1 Å². The largest absolute Gasteiger partial charge is 0.500 e. The van der Waals surface area contributed by atoms with Crippen LogP contribution in [0.1, 0.15) is 51.9 Å². The highest BCUT2D eigenvalue weighted by molar-refractivity contribution is 6.60. The molecular weight excluding hydrogens is 354 g/mol. The Labute approximate surface area is 158 Å². The molecule has 0 amide bonds. The quantitative estimate of drug-likeness (QED) is 0.284. The van der Waals surface area contributed by atoms with E-state index in [0.29, 0.717) is 5.54 Å². The maximum atomic E-state index is 5.44. The van der Waals surface area contributed by atoms with Crippen LogP contribution in [0.4, 0.5) is 0 Å². The van der Waals surface area contributed by atoms with Crippen molar-refractivity contribution in [3.05, 3.63) is 0 Å². The van der Waals surface area contributed by atoms with Gasteiger partial charge in [-0.1, -0.05) is 32.6 Å². The summed E-state index contributed by atoms with van der Waals surface area (Å²) in [7, 11) is 5.07. The third-order valence-electron chi connectivity index (χ3n) is 4.58. The fourth-order valence-corrected chi connectivity index (χ4v) is 6.05. The van der Waals surface area contributed by atoms with Crippen molar-refractivity contribution >= 4 is 18.1 Å². The lowest BCUT2D eigenvalue weighted by Gasteiger charge is -2.24. The Kier molecular flexibility index (Phi) is 16.5. The van der Waals surface area contributed by atoms with Crippen molar-refractivity contribution in [2.75, 3.05) is 48.6 Å². The lowest BCUT2D eigenvalue weighted by atomic mass is 10.1. The number of nitrogens with one attached hydrogen (secondary N) is 1. The molecule has 0 rings (SSSR count). The summed E-state index contributed by atoms with van der Waals surface area (Å²) in [5, 5.41) is 3.53. The van der Waals surface area contributed by atoms with E-state index < -0.39 is 18.1 Å². The molecule has 8 heteroatoms. The van der Waals surface area contributed by atoms with Crippen molar-refractivity contribution in [1.29, 1.82) is 0 Å². The average molecular weight is 395 g/mol. The monoisotopic (exact) mass is 394 g/mol. The van der Waals surface area contributed by atoms with Gasteiger partial charge in [0, 0.05) is 47.1 Å². The fourth-order valence-electron chi connectivity index (χ4n) is 2.90. The van der Waals surface area contributed by atoms with Crippen LogP contribution in [0.3, 0.4) is 0 Å². The van der Waals surface area contributed by atoms with E-state index in [1.807, 2.05) is 0 Å². The van der Waals surface area contributed by atoms with Crippen molar-refractivity contribution < 1.29 is 22.1 Å². The minimum atomic E-state index is -2.36. The molecular formula is C17H40NO5Si2. The standard InChI is InChI=1S/C17H40NO5Si2/c1-17(24(19-2)20-3)13-15-18-14-11-9-7-8-10-12-16-25(21-4,22-5)23-6/h17-18H,7-16H2,1-6H3. The summed E-state index contributed by atoms with van der Waals surface area (Å²) in [6.45, 7) is 4.35. The molecule has 0 aromatic rings. The zero-order chi connectivity index (χ0) is 19.0. The van der Waals surface area contributed by atoms with Crippen molar-refractivity contribution in [3.8, 4) is 0 Å². The zero-order valence-corrected chi connectivity index (χ0v) is 19.2. The van der Waals surface area contributed by atoms with Crippen LogP contribution in [0.2, 0.25) is 11.6 Å². The summed E-state index contributed by atoms with van der Waals surface area (Å²) in [5.74, 6) is 0. The number of rotatable bonds is 18. The molecule has 0 bridgehead atoms. The molecule has 1 N–H and O–H groups in total. The van der Waals surface area contributed by atoms with Crippen LogP contribution in [0.5, 0.6) is 0 Å². The van der Waals surface area contributed by atoms with Crippen LogP contribution >= 0.6 is 0 Å². The highest BCUT2D eigenvalue weighted by Crippen LogP contribution is 2.18. The summed E-state index contributed by atoms with van der Waals surface area (Å²) in [6, 6.07) is 0.905. The van der Waals surface area contributed by atoms with Gasteiger partial charge < -0.3 is 27.4 Å². The number of hydrogen-bond acceptors (Lipinski definition) is 6. The molecule has 1 atom stereocenters. The van der Waals surface area contributed by atoms with Crippen molar-refractivity contribution in [3.63, 3.8) is 0 Å². The van der Waals surface area contributed by atoms with Gasteiger partial charge in [0.1, 0.15) is 0 Å². The molecule has 0 aliphatic rings. The third-order valence-corrected chi connectivity index (χ3v) is 9.31. The van der Waals surface area contributed by atoms with Crippen LogP contribution in [-0.2, 0) is 22.1 Å². The number of unbranched alkanes of at least 4 members (excludes halogenated alkanes) is 5. The van der Waals surface area contributed by atoms with E-state index in [9.17, 15) is 0 Å². The van der Waals surface area contributed by atoms with Gasteiger partial charge in [-0.2, -0.15) is 0 Å². The van der Waals surface area contributed by atoms with Gasteiger partial charge in [-0.3, -0.25) is 0 Å².